The van der Waals surface area contributed by atoms with Crippen molar-refractivity contribution < 1.29 is 19.8 Å². The van der Waals surface area contributed by atoms with E-state index in [1.807, 2.05) is 0 Å². The SMILES string of the molecule is CCCCCCCC1C(CCCCCC)C=CC(CCCCCCCC(=O)O)C1C=CCCCCCCCC(=O)O. The highest BCUT2D eigenvalue weighted by molar-refractivity contribution is 5.66. The van der Waals surface area contributed by atoms with Gasteiger partial charge in [0.05, 0.1) is 0 Å². The zero-order valence-corrected chi connectivity index (χ0v) is 27.0. The van der Waals surface area contributed by atoms with Gasteiger partial charge in [-0.05, 0) is 68.6 Å². The Labute approximate surface area is 253 Å². The molecule has 41 heavy (non-hydrogen) atoms. The van der Waals surface area contributed by atoms with Crippen LogP contribution in [0, 0.1) is 23.7 Å². The van der Waals surface area contributed by atoms with Crippen LogP contribution in [-0.4, -0.2) is 22.2 Å². The molecule has 1 aliphatic carbocycles. The number of hydrogen-bond donors (Lipinski definition) is 2. The zero-order chi connectivity index (χ0) is 30.0. The first kappa shape index (κ1) is 37.4. The Balaban J connectivity index is 2.76. The highest BCUT2D eigenvalue weighted by atomic mass is 16.4. The monoisotopic (exact) mass is 574 g/mol. The highest BCUT2D eigenvalue weighted by Gasteiger charge is 2.33. The van der Waals surface area contributed by atoms with E-state index >= 15 is 0 Å². The van der Waals surface area contributed by atoms with Gasteiger partial charge in [0.1, 0.15) is 0 Å². The third kappa shape index (κ3) is 20.0. The summed E-state index contributed by atoms with van der Waals surface area (Å²) in [4.78, 5) is 21.5. The topological polar surface area (TPSA) is 74.6 Å². The normalized spacial score (nSPS) is 20.6. The second-order valence-electron chi connectivity index (χ2n) is 12.8. The fraction of sp³-hybridized carbons (Fsp3) is 0.838. The molecule has 0 saturated carbocycles. The minimum absolute atomic E-state index is 0.304. The molecule has 4 heteroatoms. The molecule has 4 nitrogen and oxygen atoms in total. The fourth-order valence-corrected chi connectivity index (χ4v) is 6.75. The summed E-state index contributed by atoms with van der Waals surface area (Å²) < 4.78 is 0. The van der Waals surface area contributed by atoms with Gasteiger partial charge in [0, 0.05) is 12.8 Å². The lowest BCUT2D eigenvalue weighted by Gasteiger charge is -2.39. The third-order valence-electron chi connectivity index (χ3n) is 9.22. The van der Waals surface area contributed by atoms with Gasteiger partial charge in [-0.1, -0.05) is 141 Å². The molecule has 0 aromatic carbocycles. The Morgan fingerprint density at radius 2 is 1.00 bits per heavy atom. The lowest BCUT2D eigenvalue weighted by molar-refractivity contribution is -0.138. The van der Waals surface area contributed by atoms with E-state index in [0.717, 1.165) is 50.9 Å². The first-order chi connectivity index (χ1) is 20.0. The van der Waals surface area contributed by atoms with Crippen LogP contribution in [0.2, 0.25) is 0 Å². The van der Waals surface area contributed by atoms with E-state index < -0.39 is 11.9 Å². The Morgan fingerprint density at radius 3 is 1.59 bits per heavy atom. The van der Waals surface area contributed by atoms with Crippen molar-refractivity contribution in [3.8, 4) is 0 Å². The Morgan fingerprint density at radius 1 is 0.561 bits per heavy atom. The predicted octanol–water partition coefficient (Wildman–Crippen LogP) is 11.5. The maximum atomic E-state index is 10.8. The van der Waals surface area contributed by atoms with Gasteiger partial charge in [-0.2, -0.15) is 0 Å². The summed E-state index contributed by atoms with van der Waals surface area (Å²) in [5.74, 6) is 1.41. The van der Waals surface area contributed by atoms with Crippen LogP contribution in [0.3, 0.4) is 0 Å². The van der Waals surface area contributed by atoms with Crippen LogP contribution in [0.15, 0.2) is 24.3 Å². The van der Waals surface area contributed by atoms with Crippen LogP contribution < -0.4 is 0 Å². The van der Waals surface area contributed by atoms with Crippen LogP contribution in [0.4, 0.5) is 0 Å². The van der Waals surface area contributed by atoms with Crippen molar-refractivity contribution in [3.05, 3.63) is 24.3 Å². The van der Waals surface area contributed by atoms with E-state index in [1.165, 1.54) is 103 Å². The summed E-state index contributed by atoms with van der Waals surface area (Å²) in [7, 11) is 0. The number of aliphatic carboxylic acids is 2. The summed E-state index contributed by atoms with van der Waals surface area (Å²) in [6.45, 7) is 4.60. The van der Waals surface area contributed by atoms with Gasteiger partial charge in [-0.15, -0.1) is 0 Å². The molecule has 0 aliphatic heterocycles. The minimum Gasteiger partial charge on any atom is -0.481 e. The standard InChI is InChI=1S/C37H66O4/c1-3-5-7-13-20-26-34-32(24-18-8-6-4-2)30-31-33(25-19-14-12-17-23-29-37(40)41)35(34)27-21-15-10-9-11-16-22-28-36(38)39/h21,27,30-35H,3-20,22-26,28-29H2,1-2H3,(H,38,39)(H,40,41). The molecule has 0 aromatic heterocycles. The highest BCUT2D eigenvalue weighted by Crippen LogP contribution is 2.43. The van der Waals surface area contributed by atoms with Gasteiger partial charge < -0.3 is 10.2 Å². The molecule has 0 fully saturated rings. The van der Waals surface area contributed by atoms with Crippen molar-refractivity contribution in [2.45, 2.75) is 174 Å². The second-order valence-corrected chi connectivity index (χ2v) is 12.8. The lowest BCUT2D eigenvalue weighted by atomic mass is 9.66. The van der Waals surface area contributed by atoms with E-state index in [2.05, 4.69) is 38.2 Å². The number of unbranched alkanes of at least 4 members (excludes halogenated alkanes) is 16. The van der Waals surface area contributed by atoms with Gasteiger partial charge in [0.25, 0.3) is 0 Å². The molecule has 238 valence electrons. The van der Waals surface area contributed by atoms with Crippen LogP contribution in [0.1, 0.15) is 174 Å². The van der Waals surface area contributed by atoms with Crippen LogP contribution in [0.5, 0.6) is 0 Å². The van der Waals surface area contributed by atoms with Gasteiger partial charge in [0.15, 0.2) is 0 Å². The molecule has 4 unspecified atom stereocenters. The molecular weight excluding hydrogens is 508 g/mol. The zero-order valence-electron chi connectivity index (χ0n) is 27.0. The van der Waals surface area contributed by atoms with Crippen molar-refractivity contribution in [1.29, 1.82) is 0 Å². The number of carboxylic acids is 2. The van der Waals surface area contributed by atoms with Gasteiger partial charge in [-0.3, -0.25) is 9.59 Å². The van der Waals surface area contributed by atoms with Gasteiger partial charge in [-0.25, -0.2) is 0 Å². The Kier molecular flexibility index (Phi) is 23.8. The van der Waals surface area contributed by atoms with Crippen molar-refractivity contribution in [3.63, 3.8) is 0 Å². The van der Waals surface area contributed by atoms with Crippen molar-refractivity contribution in [1.82, 2.24) is 0 Å². The quantitative estimate of drug-likeness (QED) is 0.0720. The first-order valence-corrected chi connectivity index (χ1v) is 17.8. The number of carbonyl (C=O) groups is 2. The summed E-state index contributed by atoms with van der Waals surface area (Å²) in [5.41, 5.74) is 0. The lowest BCUT2D eigenvalue weighted by Crippen LogP contribution is -2.30. The molecule has 1 aliphatic rings. The summed E-state index contributed by atoms with van der Waals surface area (Å²) in [6, 6.07) is 0. The summed E-state index contributed by atoms with van der Waals surface area (Å²) >= 11 is 0. The average molecular weight is 575 g/mol. The summed E-state index contributed by atoms with van der Waals surface area (Å²) in [6.07, 6.45) is 39.0. The number of allylic oxidation sites excluding steroid dienone is 4. The smallest absolute Gasteiger partial charge is 0.303 e. The molecule has 4 atom stereocenters. The van der Waals surface area contributed by atoms with E-state index in [1.54, 1.807) is 0 Å². The van der Waals surface area contributed by atoms with Crippen molar-refractivity contribution >= 4 is 11.9 Å². The molecule has 0 saturated heterocycles. The molecule has 0 radical (unpaired) electrons. The molecule has 0 bridgehead atoms. The van der Waals surface area contributed by atoms with Gasteiger partial charge in [0.2, 0.25) is 0 Å². The minimum atomic E-state index is -0.675. The number of hydrogen-bond acceptors (Lipinski definition) is 2. The maximum absolute atomic E-state index is 10.8. The second kappa shape index (κ2) is 26.1. The third-order valence-corrected chi connectivity index (χ3v) is 9.22. The van der Waals surface area contributed by atoms with Gasteiger partial charge >= 0.3 is 11.9 Å². The van der Waals surface area contributed by atoms with Crippen LogP contribution in [-0.2, 0) is 9.59 Å². The fourth-order valence-electron chi connectivity index (χ4n) is 6.75. The predicted molar refractivity (Wildman–Crippen MR) is 174 cm³/mol. The molecule has 2 N–H and O–H groups in total. The Hall–Kier alpha value is -1.58. The van der Waals surface area contributed by atoms with Crippen molar-refractivity contribution in [2.75, 3.05) is 0 Å². The molecule has 1 rings (SSSR count). The van der Waals surface area contributed by atoms with E-state index in [9.17, 15) is 9.59 Å². The van der Waals surface area contributed by atoms with Crippen molar-refractivity contribution in [2.24, 2.45) is 23.7 Å². The molecule has 0 heterocycles. The molecule has 0 amide bonds. The first-order valence-electron chi connectivity index (χ1n) is 17.8. The van der Waals surface area contributed by atoms with Crippen LogP contribution in [0.25, 0.3) is 0 Å². The molecule has 0 aromatic rings. The van der Waals surface area contributed by atoms with E-state index in [-0.39, 0.29) is 0 Å². The van der Waals surface area contributed by atoms with Crippen LogP contribution >= 0.6 is 0 Å². The average Bonchev–Trinajstić information content (AvgIpc) is 2.94. The molecule has 0 spiro atoms. The number of carboxylic acid groups (broad SMARTS) is 2. The summed E-state index contributed by atoms with van der Waals surface area (Å²) in [5, 5.41) is 17.7. The Bertz CT molecular complexity index is 697. The largest absolute Gasteiger partial charge is 0.481 e. The maximum Gasteiger partial charge on any atom is 0.303 e. The molecular formula is C37H66O4. The number of rotatable bonds is 28. The van der Waals surface area contributed by atoms with E-state index in [0.29, 0.717) is 30.6 Å². The van der Waals surface area contributed by atoms with E-state index in [4.69, 9.17) is 10.2 Å².